The Bertz CT molecular complexity index is 1400. The topological polar surface area (TPSA) is 117 Å². The molecular formula is C17H14F3N3O6S2. The van der Waals surface area contributed by atoms with Gasteiger partial charge in [-0.1, -0.05) is 0 Å². The van der Waals surface area contributed by atoms with Crippen molar-refractivity contribution < 1.29 is 31.1 Å². The second-order valence-corrected chi connectivity index (χ2v) is 9.33. The van der Waals surface area contributed by atoms with Gasteiger partial charge in [0.05, 0.1) is 28.9 Å². The molecule has 166 valence electrons. The number of nitrogens with zero attached hydrogens (tertiary/aromatic N) is 3. The van der Waals surface area contributed by atoms with Gasteiger partial charge in [0.25, 0.3) is 5.56 Å². The Hall–Kier alpha value is -3.00. The van der Waals surface area contributed by atoms with Gasteiger partial charge in [-0.3, -0.25) is 14.2 Å². The Balaban J connectivity index is 2.12. The molecule has 2 aromatic heterocycles. The number of hydrogen-bond donors (Lipinski definition) is 0. The molecular weight excluding hydrogens is 463 g/mol. The Morgan fingerprint density at radius 2 is 1.90 bits per heavy atom. The molecule has 0 aliphatic rings. The molecule has 0 fully saturated rings. The number of alkyl halides is 3. The van der Waals surface area contributed by atoms with E-state index in [1.54, 1.807) is 0 Å². The van der Waals surface area contributed by atoms with E-state index in [0.717, 1.165) is 25.7 Å². The summed E-state index contributed by atoms with van der Waals surface area (Å²) in [6.45, 7) is 0. The minimum atomic E-state index is -4.89. The molecule has 0 aliphatic carbocycles. The number of esters is 1. The number of fused-ring (bicyclic) bond motifs is 1. The number of halogens is 3. The lowest BCUT2D eigenvalue weighted by Crippen LogP contribution is -2.40. The van der Waals surface area contributed by atoms with Crippen LogP contribution in [-0.2, 0) is 38.3 Å². The highest BCUT2D eigenvalue weighted by Gasteiger charge is 2.35. The highest BCUT2D eigenvalue weighted by Crippen LogP contribution is 2.28. The predicted molar refractivity (Wildman–Crippen MR) is 105 cm³/mol. The van der Waals surface area contributed by atoms with E-state index in [1.165, 1.54) is 18.2 Å². The zero-order valence-corrected chi connectivity index (χ0v) is 17.6. The number of carbonyl (C=O) groups excluding carboxylic acids is 1. The second kappa shape index (κ2) is 7.92. The van der Waals surface area contributed by atoms with Gasteiger partial charge in [0, 0.05) is 18.5 Å². The standard InChI is InChI=1S/C17H14F3N3O6S2/c1-22-13(17(18,19)20)6-14(24)23(16(22)26)9-3-4-12-10(5-9)11(21-30-12)7-31(27,28)8-15(25)29-2/h3-6H,7-8H2,1-2H3. The van der Waals surface area contributed by atoms with Crippen LogP contribution in [0.2, 0.25) is 0 Å². The third-order valence-electron chi connectivity index (χ3n) is 4.32. The van der Waals surface area contributed by atoms with Crippen LogP contribution in [0.4, 0.5) is 13.2 Å². The fourth-order valence-electron chi connectivity index (χ4n) is 2.85. The van der Waals surface area contributed by atoms with Crippen LogP contribution in [0.5, 0.6) is 0 Å². The molecule has 0 atom stereocenters. The molecule has 0 radical (unpaired) electrons. The highest BCUT2D eigenvalue weighted by atomic mass is 32.2. The van der Waals surface area contributed by atoms with Crippen LogP contribution in [0.3, 0.4) is 0 Å². The summed E-state index contributed by atoms with van der Waals surface area (Å²) in [7, 11) is -1.99. The molecule has 3 rings (SSSR count). The van der Waals surface area contributed by atoms with Crippen molar-refractivity contribution in [2.24, 2.45) is 7.05 Å². The van der Waals surface area contributed by atoms with Crippen molar-refractivity contribution in [2.45, 2.75) is 11.9 Å². The Labute approximate surface area is 176 Å². The van der Waals surface area contributed by atoms with Crippen molar-refractivity contribution in [1.29, 1.82) is 0 Å². The molecule has 2 heterocycles. The van der Waals surface area contributed by atoms with E-state index in [-0.39, 0.29) is 16.8 Å². The van der Waals surface area contributed by atoms with Crippen LogP contribution in [0.15, 0.2) is 33.9 Å². The second-order valence-electron chi connectivity index (χ2n) is 6.46. The maximum Gasteiger partial charge on any atom is 0.431 e. The molecule has 31 heavy (non-hydrogen) atoms. The van der Waals surface area contributed by atoms with E-state index in [9.17, 15) is 36.0 Å². The molecule has 1 aromatic carbocycles. The number of rotatable bonds is 5. The summed E-state index contributed by atoms with van der Waals surface area (Å²) in [5.41, 5.74) is -3.80. The van der Waals surface area contributed by atoms with E-state index < -0.39 is 50.4 Å². The fraction of sp³-hybridized carbons (Fsp3) is 0.294. The largest absolute Gasteiger partial charge is 0.468 e. The van der Waals surface area contributed by atoms with Gasteiger partial charge >= 0.3 is 17.8 Å². The smallest absolute Gasteiger partial charge is 0.431 e. The van der Waals surface area contributed by atoms with Gasteiger partial charge in [-0.05, 0) is 29.7 Å². The zero-order chi connectivity index (χ0) is 23.1. The van der Waals surface area contributed by atoms with Crippen molar-refractivity contribution in [2.75, 3.05) is 12.9 Å². The molecule has 0 saturated carbocycles. The third-order valence-corrected chi connectivity index (χ3v) is 6.57. The van der Waals surface area contributed by atoms with Gasteiger partial charge in [-0.15, -0.1) is 0 Å². The van der Waals surface area contributed by atoms with Crippen molar-refractivity contribution in [1.82, 2.24) is 13.5 Å². The quantitative estimate of drug-likeness (QED) is 0.508. The van der Waals surface area contributed by atoms with Crippen LogP contribution >= 0.6 is 11.5 Å². The number of benzene rings is 1. The van der Waals surface area contributed by atoms with Crippen molar-refractivity contribution in [3.63, 3.8) is 0 Å². The number of methoxy groups -OCH3 is 1. The van der Waals surface area contributed by atoms with Crippen LogP contribution < -0.4 is 11.2 Å². The van der Waals surface area contributed by atoms with E-state index in [2.05, 4.69) is 9.11 Å². The number of ether oxygens (including phenoxy) is 1. The average molecular weight is 477 g/mol. The Morgan fingerprint density at radius 3 is 2.52 bits per heavy atom. The summed E-state index contributed by atoms with van der Waals surface area (Å²) in [5, 5.41) is 0.282. The summed E-state index contributed by atoms with van der Waals surface area (Å²) in [6, 6.07) is 4.39. The van der Waals surface area contributed by atoms with E-state index in [0.29, 0.717) is 19.9 Å². The molecule has 0 aliphatic heterocycles. The lowest BCUT2D eigenvalue weighted by Gasteiger charge is -2.14. The molecule has 14 heteroatoms. The Morgan fingerprint density at radius 1 is 1.23 bits per heavy atom. The average Bonchev–Trinajstić information content (AvgIpc) is 3.05. The predicted octanol–water partition coefficient (Wildman–Crippen LogP) is 1.25. The van der Waals surface area contributed by atoms with Gasteiger partial charge in [-0.25, -0.2) is 17.8 Å². The lowest BCUT2D eigenvalue weighted by molar-refractivity contribution is -0.144. The fourth-order valence-corrected chi connectivity index (χ4v) is 4.93. The number of sulfone groups is 1. The summed E-state index contributed by atoms with van der Waals surface area (Å²) >= 11 is 0.950. The lowest BCUT2D eigenvalue weighted by atomic mass is 10.2. The molecule has 0 unspecified atom stereocenters. The van der Waals surface area contributed by atoms with Crippen molar-refractivity contribution >= 4 is 37.4 Å². The zero-order valence-electron chi connectivity index (χ0n) is 16.0. The molecule has 0 amide bonds. The van der Waals surface area contributed by atoms with Crippen LogP contribution in [0.1, 0.15) is 11.4 Å². The summed E-state index contributed by atoms with van der Waals surface area (Å²) in [4.78, 5) is 36.0. The monoisotopic (exact) mass is 477 g/mol. The first-order chi connectivity index (χ1) is 14.3. The first-order valence-corrected chi connectivity index (χ1v) is 11.0. The highest BCUT2D eigenvalue weighted by molar-refractivity contribution is 7.91. The van der Waals surface area contributed by atoms with Gasteiger partial charge in [0.2, 0.25) is 0 Å². The van der Waals surface area contributed by atoms with Gasteiger partial charge in [0.15, 0.2) is 9.84 Å². The SMILES string of the molecule is COC(=O)CS(=O)(=O)Cc1nsc2ccc(-n3c(=O)cc(C(F)(F)F)n(C)c3=O)cc12. The van der Waals surface area contributed by atoms with Gasteiger partial charge < -0.3 is 4.74 Å². The number of aromatic nitrogens is 3. The first-order valence-electron chi connectivity index (χ1n) is 8.40. The maximum absolute atomic E-state index is 13.0. The molecule has 0 saturated heterocycles. The minimum Gasteiger partial charge on any atom is -0.468 e. The summed E-state index contributed by atoms with van der Waals surface area (Å²) in [5.74, 6) is -2.41. The van der Waals surface area contributed by atoms with Gasteiger partial charge in [0.1, 0.15) is 11.4 Å². The molecule has 0 spiro atoms. The minimum absolute atomic E-state index is 0.0568. The summed E-state index contributed by atoms with van der Waals surface area (Å²) < 4.78 is 73.3. The maximum atomic E-state index is 13.0. The van der Waals surface area contributed by atoms with E-state index >= 15 is 0 Å². The number of hydrogen-bond acceptors (Lipinski definition) is 8. The van der Waals surface area contributed by atoms with Crippen LogP contribution in [0.25, 0.3) is 15.8 Å². The molecule has 9 nitrogen and oxygen atoms in total. The molecule has 0 bridgehead atoms. The molecule has 3 aromatic rings. The van der Waals surface area contributed by atoms with E-state index in [4.69, 9.17) is 0 Å². The van der Waals surface area contributed by atoms with Gasteiger partial charge in [-0.2, -0.15) is 17.5 Å². The van der Waals surface area contributed by atoms with Crippen molar-refractivity contribution in [3.05, 3.63) is 56.5 Å². The summed E-state index contributed by atoms with van der Waals surface area (Å²) in [6.07, 6.45) is -4.89. The normalized spacial score (nSPS) is 12.3. The molecule has 0 N–H and O–H groups in total. The first kappa shape index (κ1) is 22.7. The van der Waals surface area contributed by atoms with Crippen LogP contribution in [-0.4, -0.2) is 40.8 Å². The van der Waals surface area contributed by atoms with E-state index in [1.807, 2.05) is 0 Å². The van der Waals surface area contributed by atoms with Crippen molar-refractivity contribution in [3.8, 4) is 5.69 Å². The third kappa shape index (κ3) is 4.54. The van der Waals surface area contributed by atoms with Crippen LogP contribution in [0, 0.1) is 0 Å². The number of carbonyl (C=O) groups is 1. The Kier molecular flexibility index (Phi) is 5.80.